The van der Waals surface area contributed by atoms with E-state index in [0.717, 1.165) is 6.92 Å². The van der Waals surface area contributed by atoms with Crippen LogP contribution in [0.25, 0.3) is 0 Å². The lowest BCUT2D eigenvalue weighted by atomic mass is 10.1. The zero-order valence-electron chi connectivity index (χ0n) is 7.68. The summed E-state index contributed by atoms with van der Waals surface area (Å²) in [7, 11) is 1.58. The number of aliphatic hydroxyl groups excluding tert-OH is 1. The Morgan fingerprint density at radius 3 is 2.15 bits per heavy atom. The molecule has 0 aromatic carbocycles. The van der Waals surface area contributed by atoms with Gasteiger partial charge in [-0.05, 0) is 0 Å². The van der Waals surface area contributed by atoms with Gasteiger partial charge in [-0.1, -0.05) is 24.3 Å². The second-order valence-corrected chi connectivity index (χ2v) is 2.48. The molecule has 0 saturated heterocycles. The highest BCUT2D eigenvalue weighted by Gasteiger charge is 2.13. The summed E-state index contributed by atoms with van der Waals surface area (Å²) in [5, 5.41) is 16.5. The molecular formula is C9H14O4. The van der Waals surface area contributed by atoms with Crippen molar-refractivity contribution in [1.29, 1.82) is 0 Å². The van der Waals surface area contributed by atoms with Crippen molar-refractivity contribution in [3.63, 3.8) is 0 Å². The van der Waals surface area contributed by atoms with Crippen molar-refractivity contribution >= 4 is 5.97 Å². The first-order valence-corrected chi connectivity index (χ1v) is 3.83. The molecule has 1 aliphatic carbocycles. The topological polar surface area (TPSA) is 66.8 Å². The van der Waals surface area contributed by atoms with Gasteiger partial charge in [0.2, 0.25) is 0 Å². The minimum Gasteiger partial charge on any atom is -0.481 e. The van der Waals surface area contributed by atoms with E-state index in [1.165, 1.54) is 0 Å². The lowest BCUT2D eigenvalue weighted by molar-refractivity contribution is -0.134. The van der Waals surface area contributed by atoms with Gasteiger partial charge in [-0.25, -0.2) is 0 Å². The molecule has 1 rings (SSSR count). The summed E-state index contributed by atoms with van der Waals surface area (Å²) < 4.78 is 4.92. The highest BCUT2D eigenvalue weighted by molar-refractivity contribution is 5.62. The van der Waals surface area contributed by atoms with E-state index >= 15 is 0 Å². The van der Waals surface area contributed by atoms with E-state index in [2.05, 4.69) is 0 Å². The van der Waals surface area contributed by atoms with Gasteiger partial charge in [0.05, 0.1) is 0 Å². The fourth-order valence-electron chi connectivity index (χ4n) is 0.793. The number of rotatable bonds is 1. The van der Waals surface area contributed by atoms with Gasteiger partial charge in [0.25, 0.3) is 5.97 Å². The molecular weight excluding hydrogens is 172 g/mol. The van der Waals surface area contributed by atoms with Gasteiger partial charge < -0.3 is 14.9 Å². The summed E-state index contributed by atoms with van der Waals surface area (Å²) in [5.74, 6) is -0.833. The predicted octanol–water partition coefficient (Wildman–Crippen LogP) is 0.579. The summed E-state index contributed by atoms with van der Waals surface area (Å²) in [6.07, 6.45) is 6.56. The van der Waals surface area contributed by atoms with Crippen LogP contribution in [0.15, 0.2) is 24.3 Å². The third-order valence-electron chi connectivity index (χ3n) is 1.33. The third-order valence-corrected chi connectivity index (χ3v) is 1.33. The van der Waals surface area contributed by atoms with E-state index in [0.29, 0.717) is 0 Å². The van der Waals surface area contributed by atoms with E-state index in [4.69, 9.17) is 19.7 Å². The molecule has 4 heteroatoms. The molecule has 0 aliphatic heterocycles. The third kappa shape index (κ3) is 6.07. The molecule has 0 saturated carbocycles. The van der Waals surface area contributed by atoms with Crippen LogP contribution >= 0.6 is 0 Å². The Morgan fingerprint density at radius 1 is 1.38 bits per heavy atom. The number of aliphatic hydroxyl groups is 1. The maximum Gasteiger partial charge on any atom is 0.300 e. The number of aliphatic carboxylic acids is 1. The molecule has 13 heavy (non-hydrogen) atoms. The van der Waals surface area contributed by atoms with Gasteiger partial charge >= 0.3 is 0 Å². The molecule has 0 aromatic heterocycles. The molecule has 2 N–H and O–H groups in total. The zero-order valence-corrected chi connectivity index (χ0v) is 7.68. The van der Waals surface area contributed by atoms with Crippen LogP contribution in [0, 0.1) is 0 Å². The monoisotopic (exact) mass is 186 g/mol. The smallest absolute Gasteiger partial charge is 0.300 e. The maximum atomic E-state index is 9.11. The minimum atomic E-state index is -0.833. The van der Waals surface area contributed by atoms with Crippen LogP contribution in [0.1, 0.15) is 6.92 Å². The van der Waals surface area contributed by atoms with Crippen LogP contribution in [0.5, 0.6) is 0 Å². The molecule has 74 valence electrons. The van der Waals surface area contributed by atoms with Gasteiger partial charge in [0.1, 0.15) is 12.2 Å². The van der Waals surface area contributed by atoms with Crippen molar-refractivity contribution in [2.24, 2.45) is 0 Å². The molecule has 0 radical (unpaired) electrons. The lowest BCUT2D eigenvalue weighted by Gasteiger charge is -2.16. The molecule has 1 aliphatic rings. The van der Waals surface area contributed by atoms with Crippen LogP contribution < -0.4 is 0 Å². The Hall–Kier alpha value is -1.13. The van der Waals surface area contributed by atoms with Crippen molar-refractivity contribution < 1.29 is 19.7 Å². The first-order chi connectivity index (χ1) is 6.07. The van der Waals surface area contributed by atoms with Crippen LogP contribution in [-0.2, 0) is 9.53 Å². The Morgan fingerprint density at radius 2 is 1.85 bits per heavy atom. The summed E-state index contributed by atoms with van der Waals surface area (Å²) in [5.41, 5.74) is 0. The van der Waals surface area contributed by atoms with E-state index in [9.17, 15) is 0 Å². The van der Waals surface area contributed by atoms with Gasteiger partial charge in [0, 0.05) is 14.0 Å². The Bertz CT molecular complexity index is 204. The molecule has 0 spiro atoms. The molecule has 0 aromatic rings. The average Bonchev–Trinajstić information content (AvgIpc) is 2.04. The molecule has 0 fully saturated rings. The van der Waals surface area contributed by atoms with Crippen LogP contribution in [0.3, 0.4) is 0 Å². The highest BCUT2D eigenvalue weighted by atomic mass is 16.5. The molecule has 2 atom stereocenters. The highest BCUT2D eigenvalue weighted by Crippen LogP contribution is 2.06. The van der Waals surface area contributed by atoms with E-state index in [1.54, 1.807) is 19.3 Å². The number of carboxylic acid groups (broad SMARTS) is 1. The van der Waals surface area contributed by atoms with Crippen LogP contribution in [0.4, 0.5) is 0 Å². The lowest BCUT2D eigenvalue weighted by Crippen LogP contribution is -2.25. The van der Waals surface area contributed by atoms with Gasteiger partial charge in [-0.3, -0.25) is 4.79 Å². The van der Waals surface area contributed by atoms with Crippen LogP contribution in [-0.4, -0.2) is 35.5 Å². The number of hydrogen-bond donors (Lipinski definition) is 2. The standard InChI is InChI=1S/C7H10O2.C2H4O2/c1-9-7-5-3-2-4-6(7)8;1-2(3)4/h2-8H,1H3;1H3,(H,3,4)/t6-,7-;/m1./s1. The van der Waals surface area contributed by atoms with Crippen molar-refractivity contribution in [3.05, 3.63) is 24.3 Å². The maximum absolute atomic E-state index is 9.11. The molecule has 0 unspecified atom stereocenters. The van der Waals surface area contributed by atoms with E-state index in [1.807, 2.05) is 12.2 Å². The summed E-state index contributed by atoms with van der Waals surface area (Å²) in [6, 6.07) is 0. The second-order valence-electron chi connectivity index (χ2n) is 2.48. The fraction of sp³-hybridized carbons (Fsp3) is 0.444. The number of carbonyl (C=O) groups is 1. The molecule has 0 amide bonds. The molecule has 4 nitrogen and oxygen atoms in total. The number of hydrogen-bond acceptors (Lipinski definition) is 3. The Balaban J connectivity index is 0.000000310. The van der Waals surface area contributed by atoms with Gasteiger partial charge in [-0.2, -0.15) is 0 Å². The second kappa shape index (κ2) is 6.39. The fourth-order valence-corrected chi connectivity index (χ4v) is 0.793. The number of ether oxygens (including phenoxy) is 1. The Labute approximate surface area is 77.1 Å². The van der Waals surface area contributed by atoms with E-state index in [-0.39, 0.29) is 6.10 Å². The quantitative estimate of drug-likeness (QED) is 0.628. The summed E-state index contributed by atoms with van der Waals surface area (Å²) in [6.45, 7) is 1.08. The minimum absolute atomic E-state index is 0.157. The zero-order chi connectivity index (χ0) is 10.3. The number of carboxylic acids is 1. The Kier molecular flexibility index (Phi) is 5.84. The first kappa shape index (κ1) is 11.9. The number of allylic oxidation sites excluding steroid dienone is 2. The summed E-state index contributed by atoms with van der Waals surface area (Å²) in [4.78, 5) is 9.00. The average molecular weight is 186 g/mol. The molecule has 0 bridgehead atoms. The normalized spacial score (nSPS) is 24.8. The van der Waals surface area contributed by atoms with Crippen molar-refractivity contribution in [2.75, 3.05) is 7.11 Å². The van der Waals surface area contributed by atoms with E-state index < -0.39 is 12.1 Å². The van der Waals surface area contributed by atoms with Crippen LogP contribution in [0.2, 0.25) is 0 Å². The summed E-state index contributed by atoms with van der Waals surface area (Å²) >= 11 is 0. The van der Waals surface area contributed by atoms with Crippen molar-refractivity contribution in [1.82, 2.24) is 0 Å². The molecule has 0 heterocycles. The van der Waals surface area contributed by atoms with Gasteiger partial charge in [-0.15, -0.1) is 0 Å². The van der Waals surface area contributed by atoms with Crippen molar-refractivity contribution in [2.45, 2.75) is 19.1 Å². The van der Waals surface area contributed by atoms with Gasteiger partial charge in [0.15, 0.2) is 0 Å². The van der Waals surface area contributed by atoms with Crippen molar-refractivity contribution in [3.8, 4) is 0 Å². The largest absolute Gasteiger partial charge is 0.481 e. The predicted molar refractivity (Wildman–Crippen MR) is 48.4 cm³/mol. The first-order valence-electron chi connectivity index (χ1n) is 3.83. The number of methoxy groups -OCH3 is 1. The SMILES string of the molecule is CC(=O)O.CO[C@@H]1C=CC=C[C@H]1O.